The zero-order valence-corrected chi connectivity index (χ0v) is 21.0. The summed E-state index contributed by atoms with van der Waals surface area (Å²) in [6.07, 6.45) is -3.03. The van der Waals surface area contributed by atoms with E-state index in [9.17, 15) is 22.8 Å². The number of anilines is 2. The smallest absolute Gasteiger partial charge is 0.410 e. The van der Waals surface area contributed by atoms with Gasteiger partial charge >= 0.3 is 12.3 Å². The Morgan fingerprint density at radius 2 is 1.89 bits per heavy atom. The van der Waals surface area contributed by atoms with Crippen molar-refractivity contribution in [1.29, 1.82) is 0 Å². The van der Waals surface area contributed by atoms with Gasteiger partial charge in [0.25, 0.3) is 5.56 Å². The molecule has 4 aliphatic rings. The van der Waals surface area contributed by atoms with Crippen molar-refractivity contribution in [2.75, 3.05) is 42.6 Å². The summed E-state index contributed by atoms with van der Waals surface area (Å²) < 4.78 is 54.8. The van der Waals surface area contributed by atoms with Crippen molar-refractivity contribution in [2.24, 2.45) is 5.92 Å². The summed E-state index contributed by atoms with van der Waals surface area (Å²) in [6, 6.07) is -0.171. The number of fused-ring (bicyclic) bond motifs is 3. The van der Waals surface area contributed by atoms with Crippen LogP contribution in [0.2, 0.25) is 0 Å². The lowest BCUT2D eigenvalue weighted by Crippen LogP contribution is -2.55. The van der Waals surface area contributed by atoms with Crippen molar-refractivity contribution in [3.63, 3.8) is 0 Å². The van der Waals surface area contributed by atoms with Crippen LogP contribution in [0.1, 0.15) is 46.5 Å². The molecule has 12 heteroatoms. The third kappa shape index (κ3) is 5.01. The van der Waals surface area contributed by atoms with Crippen LogP contribution in [-0.2, 0) is 16.0 Å². The summed E-state index contributed by atoms with van der Waals surface area (Å²) in [5.74, 6) is 0.441. The standard InChI is InChI=1S/C24H34F3N5O4/c1-23(2,3)36-22(34)29-7-4-15(5-8-29)12-32-18(24(25,26)27)6-9-30-20(33)11-19(28-21(30)32)31-13-17-10-16(31)14-35-17/h11,15-18H,4-10,12-14H2,1-3H3/t16?,17?,18-/m0/s1. The molecular formula is C24H34F3N5O4. The van der Waals surface area contributed by atoms with Crippen LogP contribution in [0.3, 0.4) is 0 Å². The van der Waals surface area contributed by atoms with Crippen molar-refractivity contribution in [3.05, 3.63) is 16.4 Å². The minimum absolute atomic E-state index is 0.0195. The van der Waals surface area contributed by atoms with Gasteiger partial charge in [-0.05, 0) is 52.4 Å². The average molecular weight is 514 g/mol. The van der Waals surface area contributed by atoms with Crippen molar-refractivity contribution >= 4 is 17.9 Å². The first kappa shape index (κ1) is 25.2. The number of amides is 1. The summed E-state index contributed by atoms with van der Waals surface area (Å²) >= 11 is 0. The highest BCUT2D eigenvalue weighted by Gasteiger charge is 2.48. The summed E-state index contributed by atoms with van der Waals surface area (Å²) in [5, 5.41) is 0. The predicted octanol–water partition coefficient (Wildman–Crippen LogP) is 3.01. The lowest BCUT2D eigenvalue weighted by Gasteiger charge is -2.42. The normalized spacial score (nSPS) is 26.9. The van der Waals surface area contributed by atoms with Crippen LogP contribution < -0.4 is 15.4 Å². The van der Waals surface area contributed by atoms with Gasteiger partial charge in [0, 0.05) is 38.8 Å². The van der Waals surface area contributed by atoms with Gasteiger partial charge in [0.2, 0.25) is 5.95 Å². The molecule has 0 spiro atoms. The van der Waals surface area contributed by atoms with Gasteiger partial charge in [-0.2, -0.15) is 18.2 Å². The second kappa shape index (κ2) is 9.11. The number of carbonyl (C=O) groups is 1. The fourth-order valence-corrected chi connectivity index (χ4v) is 5.74. The molecule has 0 radical (unpaired) electrons. The maximum atomic E-state index is 14.1. The number of carbonyl (C=O) groups excluding carboxylic acids is 1. The molecule has 9 nitrogen and oxygen atoms in total. The summed E-state index contributed by atoms with van der Waals surface area (Å²) in [6.45, 7) is 7.46. The van der Waals surface area contributed by atoms with Gasteiger partial charge in [-0.15, -0.1) is 0 Å². The van der Waals surface area contributed by atoms with E-state index in [1.807, 2.05) is 4.90 Å². The molecule has 3 fully saturated rings. The summed E-state index contributed by atoms with van der Waals surface area (Å²) in [4.78, 5) is 34.9. The number of alkyl halides is 3. The van der Waals surface area contributed by atoms with E-state index >= 15 is 0 Å². The Kier molecular flexibility index (Phi) is 6.37. The Hall–Kier alpha value is -2.50. The van der Waals surface area contributed by atoms with Gasteiger partial charge < -0.3 is 24.2 Å². The first-order valence-corrected chi connectivity index (χ1v) is 12.7. The van der Waals surface area contributed by atoms with Crippen LogP contribution in [0.5, 0.6) is 0 Å². The number of piperidine rings is 1. The summed E-state index contributed by atoms with van der Waals surface area (Å²) in [5.41, 5.74) is -0.938. The lowest BCUT2D eigenvalue weighted by atomic mass is 9.95. The van der Waals surface area contributed by atoms with E-state index in [1.54, 1.807) is 25.7 Å². The molecule has 0 aliphatic carbocycles. The number of halogens is 3. The highest BCUT2D eigenvalue weighted by atomic mass is 19.4. The van der Waals surface area contributed by atoms with Crippen molar-refractivity contribution in [3.8, 4) is 0 Å². The molecule has 3 saturated heterocycles. The number of morpholine rings is 1. The SMILES string of the molecule is CC(C)(C)OC(=O)N1CCC(CN2c3nc(N4CC5CC4CO5)cc(=O)n3CC[C@H]2C(F)(F)F)CC1. The number of aromatic nitrogens is 2. The molecular weight excluding hydrogens is 479 g/mol. The highest BCUT2D eigenvalue weighted by Crippen LogP contribution is 2.37. The Morgan fingerprint density at radius 1 is 1.17 bits per heavy atom. The number of ether oxygens (including phenoxy) is 2. The molecule has 0 saturated carbocycles. The predicted molar refractivity (Wildman–Crippen MR) is 126 cm³/mol. The molecule has 2 unspecified atom stereocenters. The van der Waals surface area contributed by atoms with Crippen LogP contribution in [0.4, 0.5) is 29.7 Å². The first-order valence-electron chi connectivity index (χ1n) is 12.7. The molecule has 0 aromatic carbocycles. The fourth-order valence-electron chi connectivity index (χ4n) is 5.74. The van der Waals surface area contributed by atoms with Gasteiger partial charge in [0.15, 0.2) is 0 Å². The first-order chi connectivity index (χ1) is 16.9. The van der Waals surface area contributed by atoms with E-state index in [0.717, 1.165) is 6.42 Å². The second-order valence-corrected chi connectivity index (χ2v) is 11.3. The maximum absolute atomic E-state index is 14.1. The van der Waals surface area contributed by atoms with Gasteiger partial charge in [0.05, 0.1) is 18.8 Å². The Balaban J connectivity index is 1.36. The molecule has 1 aromatic heterocycles. The highest BCUT2D eigenvalue weighted by molar-refractivity contribution is 5.68. The molecule has 2 bridgehead atoms. The van der Waals surface area contributed by atoms with Gasteiger partial charge in [-0.3, -0.25) is 9.36 Å². The third-order valence-electron chi connectivity index (χ3n) is 7.53. The number of hydrogen-bond acceptors (Lipinski definition) is 7. The minimum Gasteiger partial charge on any atom is -0.444 e. The van der Waals surface area contributed by atoms with Crippen molar-refractivity contribution in [2.45, 2.75) is 83.0 Å². The monoisotopic (exact) mass is 513 g/mol. The lowest BCUT2D eigenvalue weighted by molar-refractivity contribution is -0.153. The molecule has 5 heterocycles. The molecule has 200 valence electrons. The molecule has 1 aromatic rings. The van der Waals surface area contributed by atoms with E-state index < -0.39 is 23.9 Å². The van der Waals surface area contributed by atoms with E-state index in [2.05, 4.69) is 4.98 Å². The van der Waals surface area contributed by atoms with Gasteiger partial charge in [-0.25, -0.2) is 4.79 Å². The number of nitrogens with zero attached hydrogens (tertiary/aromatic N) is 5. The number of likely N-dealkylation sites (tertiary alicyclic amines) is 1. The largest absolute Gasteiger partial charge is 0.444 e. The molecule has 4 aliphatic heterocycles. The second-order valence-electron chi connectivity index (χ2n) is 11.3. The Labute approximate surface area is 208 Å². The van der Waals surface area contributed by atoms with Gasteiger partial charge in [-0.1, -0.05) is 0 Å². The summed E-state index contributed by atoms with van der Waals surface area (Å²) in [7, 11) is 0. The van der Waals surface area contributed by atoms with E-state index in [4.69, 9.17) is 9.47 Å². The van der Waals surface area contributed by atoms with Crippen LogP contribution in [-0.4, -0.2) is 83.3 Å². The van der Waals surface area contributed by atoms with Gasteiger partial charge in [0.1, 0.15) is 17.5 Å². The molecule has 1 amide bonds. The van der Waals surface area contributed by atoms with Crippen molar-refractivity contribution < 1.29 is 27.4 Å². The zero-order chi connectivity index (χ0) is 25.8. The molecule has 36 heavy (non-hydrogen) atoms. The zero-order valence-electron chi connectivity index (χ0n) is 21.0. The minimum atomic E-state index is -4.45. The van der Waals surface area contributed by atoms with Crippen LogP contribution in [0.25, 0.3) is 0 Å². The Morgan fingerprint density at radius 3 is 2.47 bits per heavy atom. The van der Waals surface area contributed by atoms with E-state index in [-0.39, 0.29) is 49.1 Å². The van der Waals surface area contributed by atoms with Crippen molar-refractivity contribution in [1.82, 2.24) is 14.5 Å². The van der Waals surface area contributed by atoms with E-state index in [1.165, 1.54) is 15.5 Å². The molecule has 3 atom stereocenters. The fraction of sp³-hybridized carbons (Fsp3) is 0.792. The number of hydrogen-bond donors (Lipinski definition) is 0. The van der Waals surface area contributed by atoms with Crippen LogP contribution in [0.15, 0.2) is 10.9 Å². The van der Waals surface area contributed by atoms with Crippen LogP contribution in [0, 0.1) is 5.92 Å². The molecule has 0 N–H and O–H groups in total. The Bertz CT molecular complexity index is 1050. The molecule has 5 rings (SSSR count). The quantitative estimate of drug-likeness (QED) is 0.615. The van der Waals surface area contributed by atoms with E-state index in [0.29, 0.717) is 44.9 Å². The number of rotatable bonds is 3. The maximum Gasteiger partial charge on any atom is 0.410 e. The topological polar surface area (TPSA) is 80.1 Å². The van der Waals surface area contributed by atoms with Crippen LogP contribution >= 0.6 is 0 Å². The average Bonchev–Trinajstić information content (AvgIpc) is 3.42. The third-order valence-corrected chi connectivity index (χ3v) is 7.53.